The number of carbonyl (C=O) groups excluding carboxylic acids is 1. The fraction of sp³-hybridized carbons (Fsp3) is 0.500. The Kier molecular flexibility index (Phi) is 6.42. The third-order valence-corrected chi connectivity index (χ3v) is 7.33. The number of benzene rings is 1. The molecule has 7 nitrogen and oxygen atoms in total. The number of hydrogen-bond donors (Lipinski definition) is 1. The maximum atomic E-state index is 12.9. The molecule has 2 fully saturated rings. The lowest BCUT2D eigenvalue weighted by Crippen LogP contribution is -2.40. The first-order valence-corrected chi connectivity index (χ1v) is 12.1. The monoisotopic (exact) mass is 447 g/mol. The van der Waals surface area contributed by atoms with Crippen molar-refractivity contribution in [2.45, 2.75) is 32.6 Å². The van der Waals surface area contributed by atoms with Gasteiger partial charge in [0, 0.05) is 49.7 Å². The normalized spacial score (nSPS) is 21.9. The van der Waals surface area contributed by atoms with E-state index < -0.39 is 0 Å². The van der Waals surface area contributed by atoms with E-state index in [1.807, 2.05) is 32.4 Å². The molecule has 2 aromatic heterocycles. The highest BCUT2D eigenvalue weighted by molar-refractivity contribution is 5.95. The van der Waals surface area contributed by atoms with E-state index in [1.54, 1.807) is 0 Å². The second kappa shape index (κ2) is 9.61. The van der Waals surface area contributed by atoms with Gasteiger partial charge < -0.3 is 14.6 Å². The zero-order chi connectivity index (χ0) is 22.8. The molecule has 7 heteroatoms. The van der Waals surface area contributed by atoms with Crippen LogP contribution in [0.15, 0.2) is 36.7 Å². The summed E-state index contributed by atoms with van der Waals surface area (Å²) in [5.41, 5.74) is 2.18. The first-order chi connectivity index (χ1) is 16.1. The maximum absolute atomic E-state index is 12.9. The molecule has 174 valence electrons. The van der Waals surface area contributed by atoms with E-state index in [0.29, 0.717) is 11.7 Å². The molecule has 0 spiro atoms. The first kappa shape index (κ1) is 22.0. The Bertz CT molecular complexity index is 1130. The largest absolute Gasteiger partial charge is 0.379 e. The number of carbonyl (C=O) groups is 1. The summed E-state index contributed by atoms with van der Waals surface area (Å²) in [6.07, 6.45) is 7.89. The van der Waals surface area contributed by atoms with Crippen molar-refractivity contribution in [3.8, 4) is 11.3 Å². The van der Waals surface area contributed by atoms with E-state index >= 15 is 0 Å². The topological polar surface area (TPSA) is 72.3 Å². The van der Waals surface area contributed by atoms with Gasteiger partial charge >= 0.3 is 0 Å². The zero-order valence-electron chi connectivity index (χ0n) is 19.6. The number of pyridine rings is 1. The molecular formula is C26H33N5O2. The minimum absolute atomic E-state index is 0.0761. The van der Waals surface area contributed by atoms with E-state index in [-0.39, 0.29) is 11.8 Å². The molecule has 1 aromatic carbocycles. The third kappa shape index (κ3) is 4.94. The molecule has 0 atom stereocenters. The number of imidazole rings is 1. The van der Waals surface area contributed by atoms with Crippen LogP contribution in [0.3, 0.4) is 0 Å². The van der Waals surface area contributed by atoms with Crippen LogP contribution in [0.5, 0.6) is 0 Å². The van der Waals surface area contributed by atoms with Gasteiger partial charge in [0.15, 0.2) is 0 Å². The van der Waals surface area contributed by atoms with Gasteiger partial charge in [-0.25, -0.2) is 9.97 Å². The van der Waals surface area contributed by atoms with Crippen molar-refractivity contribution in [1.29, 1.82) is 0 Å². The van der Waals surface area contributed by atoms with Crippen molar-refractivity contribution < 1.29 is 9.53 Å². The minimum Gasteiger partial charge on any atom is -0.379 e. The van der Waals surface area contributed by atoms with E-state index in [4.69, 9.17) is 4.74 Å². The van der Waals surface area contributed by atoms with Crippen LogP contribution in [0.4, 0.5) is 5.82 Å². The molecule has 1 N–H and O–H groups in total. The Morgan fingerprint density at radius 3 is 2.58 bits per heavy atom. The summed E-state index contributed by atoms with van der Waals surface area (Å²) < 4.78 is 7.54. The molecule has 1 amide bonds. The molecule has 1 saturated heterocycles. The number of amides is 1. The van der Waals surface area contributed by atoms with Crippen molar-refractivity contribution in [3.63, 3.8) is 0 Å². The van der Waals surface area contributed by atoms with E-state index in [9.17, 15) is 4.79 Å². The zero-order valence-corrected chi connectivity index (χ0v) is 19.6. The van der Waals surface area contributed by atoms with Crippen LogP contribution >= 0.6 is 0 Å². The lowest BCUT2D eigenvalue weighted by atomic mass is 9.81. The van der Waals surface area contributed by atoms with Crippen LogP contribution in [0.2, 0.25) is 0 Å². The first-order valence-electron chi connectivity index (χ1n) is 12.1. The Morgan fingerprint density at radius 1 is 1.06 bits per heavy atom. The van der Waals surface area contributed by atoms with E-state index in [0.717, 1.165) is 86.4 Å². The fourth-order valence-electron chi connectivity index (χ4n) is 5.12. The number of anilines is 1. The van der Waals surface area contributed by atoms with Crippen molar-refractivity contribution in [1.82, 2.24) is 19.4 Å². The van der Waals surface area contributed by atoms with Gasteiger partial charge in [-0.15, -0.1) is 0 Å². The molecule has 3 heterocycles. The molecule has 0 bridgehead atoms. The Morgan fingerprint density at radius 2 is 1.85 bits per heavy atom. The summed E-state index contributed by atoms with van der Waals surface area (Å²) in [5.74, 6) is 2.48. The number of ether oxygens (including phenoxy) is 1. The minimum atomic E-state index is 0.0761. The SMILES string of the molecule is Cc1ncc(-c2ccc3cnc(NC(=O)[C@H]4CC[C@H](CN5CCOCC5)CC4)cc3c2)n1C. The number of aryl methyl sites for hydroxylation is 1. The Labute approximate surface area is 195 Å². The van der Waals surface area contributed by atoms with Crippen LogP contribution in [0.1, 0.15) is 31.5 Å². The summed E-state index contributed by atoms with van der Waals surface area (Å²) in [7, 11) is 2.02. The van der Waals surface area contributed by atoms with E-state index in [2.05, 4.69) is 43.0 Å². The summed E-state index contributed by atoms with van der Waals surface area (Å²) in [6, 6.07) is 8.28. The number of rotatable bonds is 5. The summed E-state index contributed by atoms with van der Waals surface area (Å²) >= 11 is 0. The predicted octanol–water partition coefficient (Wildman–Crippen LogP) is 4.02. The molecule has 5 rings (SSSR count). The van der Waals surface area contributed by atoms with Gasteiger partial charge in [0.2, 0.25) is 5.91 Å². The molecule has 3 aromatic rings. The summed E-state index contributed by atoms with van der Waals surface area (Å²) in [5, 5.41) is 5.20. The molecule has 0 radical (unpaired) electrons. The van der Waals surface area contributed by atoms with Crippen molar-refractivity contribution in [2.75, 3.05) is 38.2 Å². The second-order valence-electron chi connectivity index (χ2n) is 9.50. The number of fused-ring (bicyclic) bond motifs is 1. The smallest absolute Gasteiger partial charge is 0.228 e. The molecule has 2 aliphatic rings. The third-order valence-electron chi connectivity index (χ3n) is 7.33. The highest BCUT2D eigenvalue weighted by atomic mass is 16.5. The van der Waals surface area contributed by atoms with Crippen LogP contribution in [0.25, 0.3) is 22.0 Å². The number of aromatic nitrogens is 3. The fourth-order valence-corrected chi connectivity index (χ4v) is 5.12. The average molecular weight is 448 g/mol. The number of nitrogens with zero attached hydrogens (tertiary/aromatic N) is 4. The van der Waals surface area contributed by atoms with Crippen LogP contribution < -0.4 is 5.32 Å². The lowest BCUT2D eigenvalue weighted by Gasteiger charge is -2.34. The van der Waals surface area contributed by atoms with Crippen LogP contribution in [0, 0.1) is 18.8 Å². The van der Waals surface area contributed by atoms with Gasteiger partial charge in [-0.1, -0.05) is 12.1 Å². The molecular weight excluding hydrogens is 414 g/mol. The van der Waals surface area contributed by atoms with Crippen LogP contribution in [-0.4, -0.2) is 58.2 Å². The predicted molar refractivity (Wildman–Crippen MR) is 130 cm³/mol. The summed E-state index contributed by atoms with van der Waals surface area (Å²) in [4.78, 5) is 24.3. The molecule has 1 aliphatic carbocycles. The van der Waals surface area contributed by atoms with Gasteiger partial charge in [0.25, 0.3) is 0 Å². The highest BCUT2D eigenvalue weighted by Crippen LogP contribution is 2.31. The average Bonchev–Trinajstić information content (AvgIpc) is 3.18. The molecule has 0 unspecified atom stereocenters. The van der Waals surface area contributed by atoms with Crippen molar-refractivity contribution in [3.05, 3.63) is 42.5 Å². The van der Waals surface area contributed by atoms with Crippen LogP contribution in [-0.2, 0) is 16.6 Å². The van der Waals surface area contributed by atoms with Gasteiger partial charge in [0.05, 0.1) is 25.1 Å². The lowest BCUT2D eigenvalue weighted by molar-refractivity contribution is -0.121. The standard InChI is InChI=1S/C26H33N5O2/c1-18-27-16-24(30(18)2)21-7-8-22-15-28-25(14-23(22)13-21)29-26(32)20-5-3-19(4-6-20)17-31-9-11-33-12-10-31/h7-8,13-16,19-20H,3-6,9-12,17H2,1-2H3,(H,28,29,32)/t19-,20-. The highest BCUT2D eigenvalue weighted by Gasteiger charge is 2.28. The van der Waals surface area contributed by atoms with Crippen molar-refractivity contribution >= 4 is 22.5 Å². The van der Waals surface area contributed by atoms with Gasteiger partial charge in [-0.3, -0.25) is 9.69 Å². The number of nitrogens with one attached hydrogen (secondary N) is 1. The number of morpholine rings is 1. The van der Waals surface area contributed by atoms with Gasteiger partial charge in [0.1, 0.15) is 11.6 Å². The van der Waals surface area contributed by atoms with Gasteiger partial charge in [-0.2, -0.15) is 0 Å². The summed E-state index contributed by atoms with van der Waals surface area (Å²) in [6.45, 7) is 6.91. The quantitative estimate of drug-likeness (QED) is 0.640. The second-order valence-corrected chi connectivity index (χ2v) is 9.50. The Hall–Kier alpha value is -2.77. The molecule has 1 aliphatic heterocycles. The van der Waals surface area contributed by atoms with E-state index in [1.165, 1.54) is 0 Å². The number of hydrogen-bond acceptors (Lipinski definition) is 5. The maximum Gasteiger partial charge on any atom is 0.228 e. The van der Waals surface area contributed by atoms with Gasteiger partial charge in [-0.05, 0) is 56.0 Å². The molecule has 1 saturated carbocycles. The van der Waals surface area contributed by atoms with Crippen molar-refractivity contribution in [2.24, 2.45) is 18.9 Å². The Balaban J connectivity index is 1.21. The molecule has 33 heavy (non-hydrogen) atoms.